The average molecular weight is 201 g/mol. The molecule has 1 aromatic heterocycles. The largest absolute Gasteiger partial charge is 0.307 e. The van der Waals surface area contributed by atoms with Gasteiger partial charge in [-0.2, -0.15) is 0 Å². The molecule has 0 aliphatic rings. The summed E-state index contributed by atoms with van der Waals surface area (Å²) in [5, 5.41) is 5.19. The number of nitrogens with one attached hydrogen (secondary N) is 1. The van der Waals surface area contributed by atoms with Gasteiger partial charge < -0.3 is 5.32 Å². The highest BCUT2D eigenvalue weighted by Gasteiger charge is 2.11. The molecule has 0 fully saturated rings. The lowest BCUT2D eigenvalue weighted by atomic mass is 10.2. The standard InChI is InChI=1S/C10H16FNS/c1-8(2)7-12-9(6-11)10-4-3-5-13-10/h3-5,8-9,12H,6-7H2,1-2H3. The predicted molar refractivity (Wildman–Crippen MR) is 55.9 cm³/mol. The third-order valence-electron chi connectivity index (χ3n) is 1.81. The minimum Gasteiger partial charge on any atom is -0.307 e. The van der Waals surface area contributed by atoms with Gasteiger partial charge in [0.1, 0.15) is 6.67 Å². The number of hydrogen-bond acceptors (Lipinski definition) is 2. The summed E-state index contributed by atoms with van der Waals surface area (Å²) < 4.78 is 12.6. The van der Waals surface area contributed by atoms with Crippen LogP contribution in [0, 0.1) is 5.92 Å². The molecule has 1 atom stereocenters. The van der Waals surface area contributed by atoms with Crippen LogP contribution in [-0.4, -0.2) is 13.2 Å². The zero-order valence-electron chi connectivity index (χ0n) is 8.09. The fourth-order valence-corrected chi connectivity index (χ4v) is 1.88. The first-order valence-electron chi connectivity index (χ1n) is 4.56. The van der Waals surface area contributed by atoms with Crippen LogP contribution in [0.4, 0.5) is 4.39 Å². The maximum Gasteiger partial charge on any atom is 0.110 e. The number of hydrogen-bond donors (Lipinski definition) is 1. The Morgan fingerprint density at radius 1 is 1.54 bits per heavy atom. The first kappa shape index (κ1) is 10.7. The van der Waals surface area contributed by atoms with Gasteiger partial charge in [-0.1, -0.05) is 19.9 Å². The molecule has 1 unspecified atom stereocenters. The molecule has 0 amide bonds. The van der Waals surface area contributed by atoms with Gasteiger partial charge in [0.25, 0.3) is 0 Å². The third kappa shape index (κ3) is 3.44. The van der Waals surface area contributed by atoms with Crippen molar-refractivity contribution in [2.75, 3.05) is 13.2 Å². The molecule has 1 aromatic rings. The van der Waals surface area contributed by atoms with Gasteiger partial charge >= 0.3 is 0 Å². The summed E-state index contributed by atoms with van der Waals surface area (Å²) in [6.45, 7) is 4.78. The van der Waals surface area contributed by atoms with Gasteiger partial charge in [0, 0.05) is 4.88 Å². The predicted octanol–water partition coefficient (Wildman–Crippen LogP) is 3.00. The molecule has 0 spiro atoms. The second-order valence-corrected chi connectivity index (χ2v) is 4.50. The van der Waals surface area contributed by atoms with Crippen LogP contribution in [-0.2, 0) is 0 Å². The van der Waals surface area contributed by atoms with Crippen molar-refractivity contribution in [3.8, 4) is 0 Å². The molecule has 13 heavy (non-hydrogen) atoms. The number of alkyl halides is 1. The molecular formula is C10H16FNS. The second-order valence-electron chi connectivity index (χ2n) is 3.52. The summed E-state index contributed by atoms with van der Waals surface area (Å²) in [5.74, 6) is 0.564. The smallest absolute Gasteiger partial charge is 0.110 e. The molecular weight excluding hydrogens is 185 g/mol. The van der Waals surface area contributed by atoms with Crippen molar-refractivity contribution >= 4 is 11.3 Å². The van der Waals surface area contributed by atoms with E-state index in [1.165, 1.54) is 0 Å². The average Bonchev–Trinajstić information content (AvgIpc) is 2.58. The Kier molecular flexibility index (Phi) is 4.39. The van der Waals surface area contributed by atoms with Crippen LogP contribution in [0.5, 0.6) is 0 Å². The van der Waals surface area contributed by atoms with Crippen LogP contribution >= 0.6 is 11.3 Å². The quantitative estimate of drug-likeness (QED) is 0.772. The van der Waals surface area contributed by atoms with Gasteiger partial charge in [0.15, 0.2) is 0 Å². The summed E-state index contributed by atoms with van der Waals surface area (Å²) >= 11 is 1.60. The highest BCUT2D eigenvalue weighted by atomic mass is 32.1. The number of halogens is 1. The molecule has 3 heteroatoms. The molecule has 0 saturated heterocycles. The maximum atomic E-state index is 12.6. The van der Waals surface area contributed by atoms with Crippen molar-refractivity contribution < 1.29 is 4.39 Å². The molecule has 0 aromatic carbocycles. The van der Waals surface area contributed by atoms with Crippen LogP contribution in [0.2, 0.25) is 0 Å². The van der Waals surface area contributed by atoms with E-state index >= 15 is 0 Å². The molecule has 1 N–H and O–H groups in total. The molecule has 1 heterocycles. The zero-order chi connectivity index (χ0) is 9.68. The minimum absolute atomic E-state index is 0.109. The Bertz CT molecular complexity index is 221. The first-order valence-corrected chi connectivity index (χ1v) is 5.44. The van der Waals surface area contributed by atoms with E-state index in [-0.39, 0.29) is 12.7 Å². The lowest BCUT2D eigenvalue weighted by molar-refractivity contribution is 0.371. The lowest BCUT2D eigenvalue weighted by Crippen LogP contribution is -2.26. The molecule has 1 nitrogen and oxygen atoms in total. The minimum atomic E-state index is -0.326. The van der Waals surface area contributed by atoms with Crippen molar-refractivity contribution in [3.63, 3.8) is 0 Å². The summed E-state index contributed by atoms with van der Waals surface area (Å²) in [6, 6.07) is 3.82. The van der Waals surface area contributed by atoms with E-state index in [0.29, 0.717) is 5.92 Å². The van der Waals surface area contributed by atoms with Crippen LogP contribution in [0.1, 0.15) is 24.8 Å². The van der Waals surface area contributed by atoms with E-state index in [1.54, 1.807) is 11.3 Å². The van der Waals surface area contributed by atoms with Crippen LogP contribution < -0.4 is 5.32 Å². The molecule has 0 radical (unpaired) electrons. The summed E-state index contributed by atoms with van der Waals surface area (Å²) in [4.78, 5) is 1.09. The third-order valence-corrected chi connectivity index (χ3v) is 2.80. The Hall–Kier alpha value is -0.410. The number of rotatable bonds is 5. The van der Waals surface area contributed by atoms with E-state index in [2.05, 4.69) is 19.2 Å². The van der Waals surface area contributed by atoms with Crippen molar-refractivity contribution in [1.29, 1.82) is 0 Å². The van der Waals surface area contributed by atoms with E-state index in [1.807, 2.05) is 17.5 Å². The summed E-state index contributed by atoms with van der Waals surface area (Å²) in [6.07, 6.45) is 0. The fraction of sp³-hybridized carbons (Fsp3) is 0.600. The van der Waals surface area contributed by atoms with Crippen molar-refractivity contribution in [2.24, 2.45) is 5.92 Å². The summed E-state index contributed by atoms with van der Waals surface area (Å²) in [5.41, 5.74) is 0. The van der Waals surface area contributed by atoms with Gasteiger partial charge in [-0.25, -0.2) is 4.39 Å². The molecule has 0 saturated carbocycles. The molecule has 0 bridgehead atoms. The van der Waals surface area contributed by atoms with E-state index in [4.69, 9.17) is 0 Å². The molecule has 1 rings (SSSR count). The lowest BCUT2D eigenvalue weighted by Gasteiger charge is -2.15. The molecule has 0 aliphatic carbocycles. The SMILES string of the molecule is CC(C)CNC(CF)c1cccs1. The van der Waals surface area contributed by atoms with Crippen LogP contribution in [0.3, 0.4) is 0 Å². The topological polar surface area (TPSA) is 12.0 Å². The van der Waals surface area contributed by atoms with Crippen LogP contribution in [0.25, 0.3) is 0 Å². The highest BCUT2D eigenvalue weighted by Crippen LogP contribution is 2.19. The van der Waals surface area contributed by atoms with Crippen molar-refractivity contribution in [2.45, 2.75) is 19.9 Å². The zero-order valence-corrected chi connectivity index (χ0v) is 8.90. The van der Waals surface area contributed by atoms with Crippen molar-refractivity contribution in [3.05, 3.63) is 22.4 Å². The van der Waals surface area contributed by atoms with Crippen LogP contribution in [0.15, 0.2) is 17.5 Å². The molecule has 0 aliphatic heterocycles. The van der Waals surface area contributed by atoms with E-state index < -0.39 is 0 Å². The number of thiophene rings is 1. The Labute approximate surface area is 83.0 Å². The van der Waals surface area contributed by atoms with Gasteiger partial charge in [0.2, 0.25) is 0 Å². The van der Waals surface area contributed by atoms with Gasteiger partial charge in [-0.15, -0.1) is 11.3 Å². The molecule has 74 valence electrons. The monoisotopic (exact) mass is 201 g/mol. The van der Waals surface area contributed by atoms with E-state index in [0.717, 1.165) is 11.4 Å². The maximum absolute atomic E-state index is 12.6. The Morgan fingerprint density at radius 3 is 2.77 bits per heavy atom. The van der Waals surface area contributed by atoms with E-state index in [9.17, 15) is 4.39 Å². The first-order chi connectivity index (χ1) is 6.24. The summed E-state index contributed by atoms with van der Waals surface area (Å²) in [7, 11) is 0. The second kappa shape index (κ2) is 5.35. The Morgan fingerprint density at radius 2 is 2.31 bits per heavy atom. The Balaban J connectivity index is 2.44. The normalized spacial score (nSPS) is 13.5. The van der Waals surface area contributed by atoms with Gasteiger partial charge in [-0.05, 0) is 23.9 Å². The van der Waals surface area contributed by atoms with Crippen molar-refractivity contribution in [1.82, 2.24) is 5.32 Å². The van der Waals surface area contributed by atoms with Gasteiger partial charge in [-0.3, -0.25) is 0 Å². The fourth-order valence-electron chi connectivity index (χ4n) is 1.10. The van der Waals surface area contributed by atoms with Gasteiger partial charge in [0.05, 0.1) is 6.04 Å². The highest BCUT2D eigenvalue weighted by molar-refractivity contribution is 7.10.